The number of rotatable bonds is 5. The second kappa shape index (κ2) is 8.05. The first-order valence-corrected chi connectivity index (χ1v) is 8.42. The number of nitrogens with one attached hydrogen (secondary N) is 2. The molecule has 0 saturated heterocycles. The number of nitrogens with two attached hydrogens (primary N) is 1. The van der Waals surface area contributed by atoms with Gasteiger partial charge in [-0.3, -0.25) is 0 Å². The first kappa shape index (κ1) is 22.7. The van der Waals surface area contributed by atoms with Crippen LogP contribution in [0.15, 0.2) is 6.07 Å². The van der Waals surface area contributed by atoms with Crippen LogP contribution in [0.2, 0.25) is 5.15 Å². The molecule has 0 aliphatic rings. The van der Waals surface area contributed by atoms with Crippen molar-refractivity contribution in [3.63, 3.8) is 0 Å². The van der Waals surface area contributed by atoms with E-state index in [0.29, 0.717) is 5.56 Å². The molecule has 160 valence electrons. The molecule has 7 nitrogen and oxygen atoms in total. The third-order valence-corrected chi connectivity index (χ3v) is 4.04. The lowest BCUT2D eigenvalue weighted by atomic mass is 10.2. The van der Waals surface area contributed by atoms with E-state index in [2.05, 4.69) is 19.9 Å². The van der Waals surface area contributed by atoms with Gasteiger partial charge in [0.1, 0.15) is 17.8 Å². The third-order valence-electron chi connectivity index (χ3n) is 3.76. The molecule has 0 fully saturated rings. The van der Waals surface area contributed by atoms with Gasteiger partial charge in [0.25, 0.3) is 0 Å². The van der Waals surface area contributed by atoms with Crippen LogP contribution in [0.3, 0.4) is 0 Å². The number of anilines is 3. The van der Waals surface area contributed by atoms with Crippen molar-refractivity contribution in [3.05, 3.63) is 16.8 Å². The number of hydrogen-bond acceptors (Lipinski definition) is 7. The molecule has 0 amide bonds. The molecule has 0 unspecified atom stereocenters. The van der Waals surface area contributed by atoms with Crippen molar-refractivity contribution in [2.24, 2.45) is 0 Å². The SMILES string of the molecule is Cc1cc(-c2nc(N[C@H](C)C(F)(F)F)nc(N[C@H](C)C(F)(F)F)n2)nc(Cl)c1N. The Bertz CT molecular complexity index is 823. The fourth-order valence-corrected chi connectivity index (χ4v) is 2.17. The highest BCUT2D eigenvalue weighted by molar-refractivity contribution is 6.32. The first-order chi connectivity index (χ1) is 13.2. The maximum absolute atomic E-state index is 12.8. The Hall–Kier alpha value is -2.57. The summed E-state index contributed by atoms with van der Waals surface area (Å²) in [6.07, 6.45) is -9.28. The highest BCUT2D eigenvalue weighted by Crippen LogP contribution is 2.28. The molecule has 29 heavy (non-hydrogen) atoms. The zero-order valence-corrected chi connectivity index (χ0v) is 16.0. The zero-order valence-electron chi connectivity index (χ0n) is 15.2. The van der Waals surface area contributed by atoms with Crippen LogP contribution in [0.5, 0.6) is 0 Å². The van der Waals surface area contributed by atoms with Gasteiger partial charge in [0.15, 0.2) is 11.0 Å². The summed E-state index contributed by atoms with van der Waals surface area (Å²) in [6.45, 7) is 3.19. The topological polar surface area (TPSA) is 102 Å². The van der Waals surface area contributed by atoms with Gasteiger partial charge in [0, 0.05) is 0 Å². The van der Waals surface area contributed by atoms with Crippen molar-refractivity contribution < 1.29 is 26.3 Å². The lowest BCUT2D eigenvalue weighted by molar-refractivity contribution is -0.139. The Morgan fingerprint density at radius 3 is 1.72 bits per heavy atom. The molecule has 0 bridgehead atoms. The summed E-state index contributed by atoms with van der Waals surface area (Å²) in [4.78, 5) is 15.2. The van der Waals surface area contributed by atoms with E-state index in [-0.39, 0.29) is 22.4 Å². The second-order valence-electron chi connectivity index (χ2n) is 6.15. The van der Waals surface area contributed by atoms with Crippen molar-refractivity contribution in [2.75, 3.05) is 16.4 Å². The van der Waals surface area contributed by atoms with E-state index in [0.717, 1.165) is 13.8 Å². The maximum atomic E-state index is 12.8. The molecule has 2 aromatic heterocycles. The Labute approximate surface area is 166 Å². The fraction of sp³-hybridized carbons (Fsp3) is 0.467. The Morgan fingerprint density at radius 2 is 1.34 bits per heavy atom. The zero-order chi connectivity index (χ0) is 22.1. The van der Waals surface area contributed by atoms with Crippen molar-refractivity contribution in [1.29, 1.82) is 0 Å². The van der Waals surface area contributed by atoms with E-state index in [1.807, 2.05) is 10.6 Å². The van der Waals surface area contributed by atoms with Gasteiger partial charge >= 0.3 is 12.4 Å². The van der Waals surface area contributed by atoms with Gasteiger partial charge < -0.3 is 16.4 Å². The number of nitrogens with zero attached hydrogens (tertiary/aromatic N) is 4. The maximum Gasteiger partial charge on any atom is 0.408 e. The van der Waals surface area contributed by atoms with E-state index in [9.17, 15) is 26.3 Å². The molecule has 0 aromatic carbocycles. The highest BCUT2D eigenvalue weighted by atomic mass is 35.5. The van der Waals surface area contributed by atoms with Crippen LogP contribution >= 0.6 is 11.6 Å². The minimum absolute atomic E-state index is 0.00507. The molecule has 0 saturated carbocycles. The predicted molar refractivity (Wildman–Crippen MR) is 95.5 cm³/mol. The average molecular weight is 444 g/mol. The van der Waals surface area contributed by atoms with Crippen LogP contribution < -0.4 is 16.4 Å². The van der Waals surface area contributed by atoms with Crippen LogP contribution in [0.1, 0.15) is 19.4 Å². The van der Waals surface area contributed by atoms with E-state index in [4.69, 9.17) is 17.3 Å². The first-order valence-electron chi connectivity index (χ1n) is 8.04. The molecule has 0 aliphatic heterocycles. The fourth-order valence-electron chi connectivity index (χ4n) is 1.93. The largest absolute Gasteiger partial charge is 0.408 e. The number of aryl methyl sites for hydroxylation is 1. The van der Waals surface area contributed by atoms with Crippen molar-refractivity contribution in [3.8, 4) is 11.5 Å². The molecule has 2 heterocycles. The summed E-state index contributed by atoms with van der Waals surface area (Å²) < 4.78 is 77.0. The number of pyridine rings is 1. The Balaban J connectivity index is 2.52. The average Bonchev–Trinajstić information content (AvgIpc) is 2.57. The van der Waals surface area contributed by atoms with E-state index < -0.39 is 36.3 Å². The van der Waals surface area contributed by atoms with Gasteiger partial charge in [-0.1, -0.05) is 11.6 Å². The molecule has 14 heteroatoms. The second-order valence-corrected chi connectivity index (χ2v) is 6.51. The molecule has 0 radical (unpaired) electrons. The van der Waals surface area contributed by atoms with Crippen LogP contribution in [-0.2, 0) is 0 Å². The number of halogens is 7. The monoisotopic (exact) mass is 443 g/mol. The van der Waals surface area contributed by atoms with E-state index >= 15 is 0 Å². The van der Waals surface area contributed by atoms with E-state index in [1.165, 1.54) is 6.07 Å². The number of aromatic nitrogens is 4. The van der Waals surface area contributed by atoms with Gasteiger partial charge in [-0.15, -0.1) is 0 Å². The lowest BCUT2D eigenvalue weighted by Crippen LogP contribution is -2.35. The minimum atomic E-state index is -4.64. The van der Waals surface area contributed by atoms with Crippen LogP contribution in [-0.4, -0.2) is 44.4 Å². The summed E-state index contributed by atoms with van der Waals surface area (Å²) >= 11 is 5.90. The van der Waals surface area contributed by atoms with Gasteiger partial charge in [-0.2, -0.15) is 41.3 Å². The quantitative estimate of drug-likeness (QED) is 0.470. The van der Waals surface area contributed by atoms with Crippen molar-refractivity contribution in [2.45, 2.75) is 45.2 Å². The molecule has 0 spiro atoms. The summed E-state index contributed by atoms with van der Waals surface area (Å²) in [6, 6.07) is -2.75. The minimum Gasteiger partial charge on any atom is -0.396 e. The van der Waals surface area contributed by atoms with Crippen LogP contribution in [0.4, 0.5) is 43.9 Å². The van der Waals surface area contributed by atoms with Gasteiger partial charge in [-0.25, -0.2) is 4.98 Å². The predicted octanol–water partition coefficient (Wildman–Crippen LogP) is 4.20. The summed E-state index contributed by atoms with van der Waals surface area (Å²) in [5.41, 5.74) is 6.32. The van der Waals surface area contributed by atoms with E-state index in [1.54, 1.807) is 6.92 Å². The van der Waals surface area contributed by atoms with Gasteiger partial charge in [0.05, 0.1) is 5.69 Å². The van der Waals surface area contributed by atoms with Gasteiger partial charge in [-0.05, 0) is 32.4 Å². The molecular formula is C15H16ClF6N7. The number of hydrogen-bond donors (Lipinski definition) is 3. The molecular weight excluding hydrogens is 428 g/mol. The van der Waals surface area contributed by atoms with Gasteiger partial charge in [0.2, 0.25) is 11.9 Å². The highest BCUT2D eigenvalue weighted by Gasteiger charge is 2.38. The third kappa shape index (κ3) is 5.71. The lowest BCUT2D eigenvalue weighted by Gasteiger charge is -2.20. The van der Waals surface area contributed by atoms with Crippen LogP contribution in [0.25, 0.3) is 11.5 Å². The molecule has 2 aromatic rings. The van der Waals surface area contributed by atoms with Crippen LogP contribution in [0, 0.1) is 6.92 Å². The number of alkyl halides is 6. The summed E-state index contributed by atoms with van der Waals surface area (Å²) in [5.74, 6) is -1.48. The molecule has 2 rings (SSSR count). The normalized spacial score (nSPS) is 14.4. The summed E-state index contributed by atoms with van der Waals surface area (Å²) in [5, 5.41) is 3.87. The number of nitrogen functional groups attached to an aromatic ring is 1. The smallest absolute Gasteiger partial charge is 0.396 e. The van der Waals surface area contributed by atoms with Crippen molar-refractivity contribution >= 4 is 29.2 Å². The molecule has 2 atom stereocenters. The Morgan fingerprint density at radius 1 is 0.897 bits per heavy atom. The molecule has 4 N–H and O–H groups in total. The molecule has 0 aliphatic carbocycles. The Kier molecular flexibility index (Phi) is 6.30. The van der Waals surface area contributed by atoms with Crippen molar-refractivity contribution in [1.82, 2.24) is 19.9 Å². The standard InChI is InChI=1S/C15H16ClF6N7/c1-5-4-8(26-10(16)9(5)23)11-27-12(24-6(2)14(17,18)19)29-13(28-11)25-7(3)15(20,21)22/h4,6-7H,23H2,1-3H3,(H2,24,25,27,28,29)/t6-,7-/m1/s1. The summed E-state index contributed by atoms with van der Waals surface area (Å²) in [7, 11) is 0.